The van der Waals surface area contributed by atoms with E-state index in [9.17, 15) is 46.4 Å². The van der Waals surface area contributed by atoms with E-state index in [4.69, 9.17) is 0 Å². The minimum atomic E-state index is -5.26. The summed E-state index contributed by atoms with van der Waals surface area (Å²) in [5, 5.41) is 16.2. The van der Waals surface area contributed by atoms with Gasteiger partial charge in [0.1, 0.15) is 18.1 Å². The van der Waals surface area contributed by atoms with E-state index in [1.54, 1.807) is 5.32 Å². The maximum absolute atomic E-state index is 14.7. The third-order valence-corrected chi connectivity index (χ3v) is 7.59. The Hall–Kier alpha value is -2.98. The van der Waals surface area contributed by atoms with Gasteiger partial charge in [-0.3, -0.25) is 19.2 Å². The van der Waals surface area contributed by atoms with E-state index in [0.29, 0.717) is 25.8 Å². The van der Waals surface area contributed by atoms with Crippen LogP contribution in [0.15, 0.2) is 0 Å². The van der Waals surface area contributed by atoms with Crippen LogP contribution in [0.25, 0.3) is 0 Å². The summed E-state index contributed by atoms with van der Waals surface area (Å²) in [7, 11) is 0. The van der Waals surface area contributed by atoms with Crippen molar-refractivity contribution in [1.82, 2.24) is 20.9 Å². The third-order valence-electron chi connectivity index (χ3n) is 7.59. The number of piperidine rings is 1. The Kier molecular flexibility index (Phi) is 9.20. The van der Waals surface area contributed by atoms with Gasteiger partial charge < -0.3 is 20.9 Å². The van der Waals surface area contributed by atoms with Gasteiger partial charge in [0.05, 0.1) is 6.07 Å². The first-order chi connectivity index (χ1) is 17.8. The van der Waals surface area contributed by atoms with E-state index in [-0.39, 0.29) is 31.1 Å². The van der Waals surface area contributed by atoms with Crippen molar-refractivity contribution < 1.29 is 41.1 Å². The predicted molar refractivity (Wildman–Crippen MR) is 122 cm³/mol. The lowest BCUT2D eigenvalue weighted by atomic mass is 9.80. The maximum Gasteiger partial charge on any atom is 0.471 e. The average Bonchev–Trinajstić information content (AvgIpc) is 3.21. The number of rotatable bonds is 9. The van der Waals surface area contributed by atoms with Crippen molar-refractivity contribution in [2.45, 2.75) is 101 Å². The van der Waals surface area contributed by atoms with Crippen LogP contribution in [0.5, 0.6) is 0 Å². The number of nitrogens with one attached hydrogen (secondary N) is 3. The quantitative estimate of drug-likeness (QED) is 0.380. The minimum absolute atomic E-state index is 0.0155. The van der Waals surface area contributed by atoms with Crippen molar-refractivity contribution in [1.29, 1.82) is 5.26 Å². The molecule has 1 saturated carbocycles. The highest BCUT2D eigenvalue weighted by molar-refractivity contribution is 5.93. The molecule has 3 fully saturated rings. The standard InChI is InChI=1S/C24H32F5N5O4/c1-2-16-10-23(25,26)11-18(20(36)32-15(12-30)9-14-6-7-31-19(14)35)34(16)21(37)17(8-13-4-3-5-13)33-22(38)24(27,28)29/h13-18H,2-11H2,1H3,(H,31,35)(H,32,36)(H,33,38)/t14-,15-,16-,17+,18-/m0/s1. The van der Waals surface area contributed by atoms with Gasteiger partial charge in [0.25, 0.3) is 5.92 Å². The summed E-state index contributed by atoms with van der Waals surface area (Å²) in [4.78, 5) is 51.3. The molecule has 3 N–H and O–H groups in total. The van der Waals surface area contributed by atoms with Crippen molar-refractivity contribution in [2.75, 3.05) is 6.54 Å². The zero-order chi connectivity index (χ0) is 28.3. The molecule has 2 heterocycles. The van der Waals surface area contributed by atoms with E-state index in [1.165, 1.54) is 6.92 Å². The predicted octanol–water partition coefficient (Wildman–Crippen LogP) is 2.16. The summed E-state index contributed by atoms with van der Waals surface area (Å²) in [6, 6.07) is -4.00. The van der Waals surface area contributed by atoms with Crippen molar-refractivity contribution in [3.05, 3.63) is 0 Å². The van der Waals surface area contributed by atoms with Gasteiger partial charge in [0.2, 0.25) is 17.7 Å². The molecule has 0 spiro atoms. The van der Waals surface area contributed by atoms with Crippen LogP contribution in [-0.4, -0.2) is 71.3 Å². The number of alkyl halides is 5. The van der Waals surface area contributed by atoms with Crippen molar-refractivity contribution in [2.24, 2.45) is 11.8 Å². The summed E-state index contributed by atoms with van der Waals surface area (Å²) in [6.45, 7) is 1.91. The molecule has 0 radical (unpaired) electrons. The molecule has 38 heavy (non-hydrogen) atoms. The van der Waals surface area contributed by atoms with Gasteiger partial charge in [0.15, 0.2) is 0 Å². The zero-order valence-corrected chi connectivity index (χ0v) is 21.0. The first-order valence-corrected chi connectivity index (χ1v) is 12.8. The van der Waals surface area contributed by atoms with Gasteiger partial charge in [-0.1, -0.05) is 26.2 Å². The molecule has 9 nitrogen and oxygen atoms in total. The molecule has 0 unspecified atom stereocenters. The normalized spacial score (nSPS) is 26.9. The van der Waals surface area contributed by atoms with Crippen molar-refractivity contribution >= 4 is 23.6 Å². The van der Waals surface area contributed by atoms with Crippen LogP contribution >= 0.6 is 0 Å². The fraction of sp³-hybridized carbons (Fsp3) is 0.792. The minimum Gasteiger partial charge on any atom is -0.356 e. The molecular formula is C24H32F5N5O4. The highest BCUT2D eigenvalue weighted by atomic mass is 19.4. The van der Waals surface area contributed by atoms with E-state index in [1.807, 2.05) is 6.07 Å². The lowest BCUT2D eigenvalue weighted by Crippen LogP contribution is -2.65. The number of hydrogen-bond acceptors (Lipinski definition) is 5. The number of hydrogen-bond donors (Lipinski definition) is 3. The van der Waals surface area contributed by atoms with E-state index in [0.717, 1.165) is 11.3 Å². The topological polar surface area (TPSA) is 131 Å². The van der Waals surface area contributed by atoms with Gasteiger partial charge in [-0.2, -0.15) is 18.4 Å². The van der Waals surface area contributed by atoms with Crippen molar-refractivity contribution in [3.8, 4) is 6.07 Å². The fourth-order valence-corrected chi connectivity index (χ4v) is 5.33. The molecule has 3 rings (SSSR count). The summed E-state index contributed by atoms with van der Waals surface area (Å²) >= 11 is 0. The molecule has 2 aliphatic heterocycles. The maximum atomic E-state index is 14.7. The first-order valence-electron chi connectivity index (χ1n) is 12.8. The van der Waals surface area contributed by atoms with E-state index < -0.39 is 72.7 Å². The Morgan fingerprint density at radius 1 is 1.16 bits per heavy atom. The number of nitrogens with zero attached hydrogens (tertiary/aromatic N) is 2. The first kappa shape index (κ1) is 29.6. The molecule has 5 atom stereocenters. The van der Waals surface area contributed by atoms with Crippen LogP contribution in [0.1, 0.15) is 64.7 Å². The van der Waals surface area contributed by atoms with Crippen LogP contribution in [-0.2, 0) is 19.2 Å². The molecular weight excluding hydrogens is 517 g/mol. The summed E-state index contributed by atoms with van der Waals surface area (Å²) in [5.41, 5.74) is 0. The number of amides is 4. The summed E-state index contributed by atoms with van der Waals surface area (Å²) in [6.07, 6.45) is -4.82. The highest BCUT2D eigenvalue weighted by Crippen LogP contribution is 2.38. The largest absolute Gasteiger partial charge is 0.471 e. The van der Waals surface area contributed by atoms with Crippen molar-refractivity contribution in [3.63, 3.8) is 0 Å². The molecule has 0 aromatic carbocycles. The number of carbonyl (C=O) groups excluding carboxylic acids is 4. The van der Waals surface area contributed by atoms with Gasteiger partial charge in [-0.05, 0) is 31.6 Å². The monoisotopic (exact) mass is 549 g/mol. The second-order valence-electron chi connectivity index (χ2n) is 10.3. The number of halogens is 5. The van der Waals surface area contributed by atoms with E-state index >= 15 is 0 Å². The smallest absolute Gasteiger partial charge is 0.356 e. The third kappa shape index (κ3) is 7.11. The Balaban J connectivity index is 1.86. The number of likely N-dealkylation sites (tertiary alicyclic amines) is 1. The summed E-state index contributed by atoms with van der Waals surface area (Å²) in [5.74, 6) is -8.77. The fourth-order valence-electron chi connectivity index (χ4n) is 5.33. The lowest BCUT2D eigenvalue weighted by Gasteiger charge is -2.46. The van der Waals surface area contributed by atoms with Crippen LogP contribution in [0.3, 0.4) is 0 Å². The van der Waals surface area contributed by atoms with E-state index in [2.05, 4.69) is 10.6 Å². The average molecular weight is 550 g/mol. The van der Waals surface area contributed by atoms with Gasteiger partial charge >= 0.3 is 12.1 Å². The number of carbonyl (C=O) groups is 4. The van der Waals surface area contributed by atoms with Gasteiger partial charge in [0, 0.05) is 31.3 Å². The molecule has 1 aliphatic carbocycles. The Bertz CT molecular complexity index is 965. The second-order valence-corrected chi connectivity index (χ2v) is 10.3. The Morgan fingerprint density at radius 2 is 1.84 bits per heavy atom. The van der Waals surface area contributed by atoms with Crippen LogP contribution < -0.4 is 16.0 Å². The Labute approximate surface area is 216 Å². The van der Waals surface area contributed by atoms with Gasteiger partial charge in [-0.25, -0.2) is 8.78 Å². The molecule has 4 amide bonds. The molecule has 2 saturated heterocycles. The van der Waals surface area contributed by atoms with Crippen LogP contribution in [0.2, 0.25) is 0 Å². The summed E-state index contributed by atoms with van der Waals surface area (Å²) < 4.78 is 68.4. The molecule has 0 aromatic heterocycles. The molecule has 0 aromatic rings. The highest BCUT2D eigenvalue weighted by Gasteiger charge is 2.52. The van der Waals surface area contributed by atoms with Crippen LogP contribution in [0.4, 0.5) is 22.0 Å². The zero-order valence-electron chi connectivity index (χ0n) is 21.0. The molecule has 3 aliphatic rings. The number of nitriles is 1. The van der Waals surface area contributed by atoms with Crippen LogP contribution in [0, 0.1) is 23.2 Å². The second kappa shape index (κ2) is 11.8. The SMILES string of the molecule is CC[C@H]1CC(F)(F)C[C@@H](C(=O)N[C@H](C#N)C[C@@H]2CCNC2=O)N1C(=O)[C@@H](CC1CCC1)NC(=O)C(F)(F)F. The molecule has 14 heteroatoms. The molecule has 212 valence electrons. The molecule has 0 bridgehead atoms. The Morgan fingerprint density at radius 3 is 2.34 bits per heavy atom. The van der Waals surface area contributed by atoms with Gasteiger partial charge in [-0.15, -0.1) is 0 Å². The lowest BCUT2D eigenvalue weighted by molar-refractivity contribution is -0.177.